The highest BCUT2D eigenvalue weighted by Crippen LogP contribution is 2.21. The number of sulfonamides is 1. The lowest BCUT2D eigenvalue weighted by Gasteiger charge is -2.09. The maximum atomic E-state index is 12.3. The number of thiophene rings is 1. The van der Waals surface area contributed by atoms with Crippen LogP contribution in [0.15, 0.2) is 70.3 Å². The summed E-state index contributed by atoms with van der Waals surface area (Å²) in [6, 6.07) is 17.3. The molecule has 0 atom stereocenters. The van der Waals surface area contributed by atoms with Crippen molar-refractivity contribution in [2.45, 2.75) is 24.0 Å². The molecule has 0 fully saturated rings. The second kappa shape index (κ2) is 9.58. The van der Waals surface area contributed by atoms with Crippen LogP contribution < -0.4 is 14.8 Å². The molecule has 1 aromatic heterocycles. The lowest BCUT2D eigenvalue weighted by molar-refractivity contribution is -0.115. The number of hydrogen-bond acceptors (Lipinski definition) is 5. The molecule has 0 saturated heterocycles. The predicted molar refractivity (Wildman–Crippen MR) is 116 cm³/mol. The van der Waals surface area contributed by atoms with Crippen molar-refractivity contribution in [3.63, 3.8) is 0 Å². The van der Waals surface area contributed by atoms with Gasteiger partial charge in [-0.3, -0.25) is 9.52 Å². The van der Waals surface area contributed by atoms with Gasteiger partial charge in [0.15, 0.2) is 0 Å². The molecule has 0 aliphatic heterocycles. The molecule has 0 saturated carbocycles. The minimum absolute atomic E-state index is 0.162. The van der Waals surface area contributed by atoms with Gasteiger partial charge in [0.2, 0.25) is 5.91 Å². The second-order valence-electron chi connectivity index (χ2n) is 6.34. The Balaban J connectivity index is 1.57. The standard InChI is InChI=1S/C21H22N2O4S2/c1-2-12-27-19-6-3-5-18(15-19)22-20(24)14-16-8-10-17(11-9-16)23-29(25,26)21-7-4-13-28-21/h3-11,13,15,23H,2,12,14H2,1H3,(H,22,24). The number of anilines is 2. The quantitative estimate of drug-likeness (QED) is 0.523. The number of rotatable bonds is 9. The van der Waals surface area contributed by atoms with Crippen molar-refractivity contribution < 1.29 is 17.9 Å². The lowest BCUT2D eigenvalue weighted by atomic mass is 10.1. The van der Waals surface area contributed by atoms with Crippen molar-refractivity contribution in [3.8, 4) is 5.75 Å². The topological polar surface area (TPSA) is 84.5 Å². The highest BCUT2D eigenvalue weighted by atomic mass is 32.2. The predicted octanol–water partition coefficient (Wildman–Crippen LogP) is 4.52. The first-order chi connectivity index (χ1) is 14.0. The third kappa shape index (κ3) is 6.07. The second-order valence-corrected chi connectivity index (χ2v) is 9.19. The highest BCUT2D eigenvalue weighted by Gasteiger charge is 2.15. The van der Waals surface area contributed by atoms with E-state index in [0.717, 1.165) is 23.3 Å². The van der Waals surface area contributed by atoms with E-state index in [9.17, 15) is 13.2 Å². The van der Waals surface area contributed by atoms with Gasteiger partial charge in [0.05, 0.1) is 13.0 Å². The first-order valence-corrected chi connectivity index (χ1v) is 11.5. The number of benzene rings is 2. The molecule has 29 heavy (non-hydrogen) atoms. The van der Waals surface area contributed by atoms with Crippen LogP contribution in [-0.4, -0.2) is 20.9 Å². The summed E-state index contributed by atoms with van der Waals surface area (Å²) < 4.78 is 32.9. The normalized spacial score (nSPS) is 11.1. The van der Waals surface area contributed by atoms with E-state index >= 15 is 0 Å². The maximum Gasteiger partial charge on any atom is 0.271 e. The number of carbonyl (C=O) groups is 1. The van der Waals surface area contributed by atoms with Crippen molar-refractivity contribution in [1.29, 1.82) is 0 Å². The van der Waals surface area contributed by atoms with Crippen molar-refractivity contribution in [1.82, 2.24) is 0 Å². The first kappa shape index (κ1) is 20.9. The average molecular weight is 431 g/mol. The van der Waals surface area contributed by atoms with Crippen LogP contribution in [0.3, 0.4) is 0 Å². The number of amides is 1. The van der Waals surface area contributed by atoms with E-state index in [0.29, 0.717) is 23.7 Å². The van der Waals surface area contributed by atoms with E-state index in [-0.39, 0.29) is 16.5 Å². The summed E-state index contributed by atoms with van der Waals surface area (Å²) in [5, 5.41) is 4.56. The number of carbonyl (C=O) groups excluding carboxylic acids is 1. The summed E-state index contributed by atoms with van der Waals surface area (Å²) in [4.78, 5) is 12.3. The summed E-state index contributed by atoms with van der Waals surface area (Å²) in [6.07, 6.45) is 1.09. The average Bonchev–Trinajstić information content (AvgIpc) is 3.24. The largest absolute Gasteiger partial charge is 0.494 e. The molecule has 2 aromatic carbocycles. The summed E-state index contributed by atoms with van der Waals surface area (Å²) in [7, 11) is -3.58. The summed E-state index contributed by atoms with van der Waals surface area (Å²) in [6.45, 7) is 2.66. The Morgan fingerprint density at radius 1 is 1.03 bits per heavy atom. The molecule has 0 spiro atoms. The van der Waals surface area contributed by atoms with Gasteiger partial charge in [0.1, 0.15) is 9.96 Å². The molecule has 8 heteroatoms. The van der Waals surface area contributed by atoms with Crippen LogP contribution in [-0.2, 0) is 21.2 Å². The van der Waals surface area contributed by atoms with Crippen LogP contribution in [0.2, 0.25) is 0 Å². The molecule has 0 bridgehead atoms. The van der Waals surface area contributed by atoms with Crippen LogP contribution in [0, 0.1) is 0 Å². The molecule has 152 valence electrons. The maximum absolute atomic E-state index is 12.3. The molecule has 1 heterocycles. The van der Waals surface area contributed by atoms with Crippen molar-refractivity contribution in [2.24, 2.45) is 0 Å². The number of ether oxygens (including phenoxy) is 1. The van der Waals surface area contributed by atoms with E-state index in [1.165, 1.54) is 0 Å². The van der Waals surface area contributed by atoms with Crippen LogP contribution in [0.25, 0.3) is 0 Å². The van der Waals surface area contributed by atoms with Gasteiger partial charge in [-0.25, -0.2) is 8.42 Å². The van der Waals surface area contributed by atoms with Crippen LogP contribution in [0.5, 0.6) is 5.75 Å². The van der Waals surface area contributed by atoms with Crippen LogP contribution in [0.4, 0.5) is 11.4 Å². The Hall–Kier alpha value is -2.84. The minimum Gasteiger partial charge on any atom is -0.494 e. The summed E-state index contributed by atoms with van der Waals surface area (Å²) in [5.41, 5.74) is 1.90. The van der Waals surface area contributed by atoms with E-state index < -0.39 is 10.0 Å². The van der Waals surface area contributed by atoms with E-state index in [1.54, 1.807) is 53.9 Å². The number of hydrogen-bond donors (Lipinski definition) is 2. The molecular weight excluding hydrogens is 408 g/mol. The Bertz CT molecular complexity index is 1050. The van der Waals surface area contributed by atoms with Crippen LogP contribution in [0.1, 0.15) is 18.9 Å². The molecule has 0 aliphatic carbocycles. The zero-order valence-corrected chi connectivity index (χ0v) is 17.6. The smallest absolute Gasteiger partial charge is 0.271 e. The molecule has 1 amide bonds. The SMILES string of the molecule is CCCOc1cccc(NC(=O)Cc2ccc(NS(=O)(=O)c3cccs3)cc2)c1. The Labute approximate surface area is 174 Å². The monoisotopic (exact) mass is 430 g/mol. The van der Waals surface area contributed by atoms with Gasteiger partial charge in [0.25, 0.3) is 10.0 Å². The third-order valence-electron chi connectivity index (χ3n) is 3.92. The van der Waals surface area contributed by atoms with Crippen LogP contribution >= 0.6 is 11.3 Å². The Morgan fingerprint density at radius 3 is 2.52 bits per heavy atom. The fourth-order valence-electron chi connectivity index (χ4n) is 2.59. The Morgan fingerprint density at radius 2 is 1.83 bits per heavy atom. The van der Waals surface area contributed by atoms with Crippen molar-refractivity contribution in [3.05, 3.63) is 71.6 Å². The zero-order chi connectivity index (χ0) is 20.7. The van der Waals surface area contributed by atoms with Gasteiger partial charge in [0, 0.05) is 17.4 Å². The van der Waals surface area contributed by atoms with Crippen molar-refractivity contribution in [2.75, 3.05) is 16.6 Å². The lowest BCUT2D eigenvalue weighted by Crippen LogP contribution is -2.15. The summed E-state index contributed by atoms with van der Waals surface area (Å²) >= 11 is 1.15. The highest BCUT2D eigenvalue weighted by molar-refractivity contribution is 7.94. The van der Waals surface area contributed by atoms with Gasteiger partial charge >= 0.3 is 0 Å². The molecular formula is C21H22N2O4S2. The molecule has 6 nitrogen and oxygen atoms in total. The summed E-state index contributed by atoms with van der Waals surface area (Å²) in [5.74, 6) is 0.552. The fraction of sp³-hybridized carbons (Fsp3) is 0.190. The molecule has 2 N–H and O–H groups in total. The minimum atomic E-state index is -3.58. The first-order valence-electron chi connectivity index (χ1n) is 9.14. The van der Waals surface area contributed by atoms with Gasteiger partial charge in [-0.05, 0) is 47.7 Å². The molecule has 3 rings (SSSR count). The van der Waals surface area contributed by atoms with Gasteiger partial charge < -0.3 is 10.1 Å². The third-order valence-corrected chi connectivity index (χ3v) is 6.70. The van der Waals surface area contributed by atoms with E-state index in [1.807, 2.05) is 19.1 Å². The molecule has 3 aromatic rings. The molecule has 0 aliphatic rings. The number of nitrogens with one attached hydrogen (secondary N) is 2. The van der Waals surface area contributed by atoms with Gasteiger partial charge in [-0.15, -0.1) is 11.3 Å². The molecule has 0 unspecified atom stereocenters. The van der Waals surface area contributed by atoms with Gasteiger partial charge in [-0.1, -0.05) is 31.2 Å². The van der Waals surface area contributed by atoms with E-state index in [4.69, 9.17) is 4.74 Å². The zero-order valence-electron chi connectivity index (χ0n) is 15.9. The Kier molecular flexibility index (Phi) is 6.90. The fourth-order valence-corrected chi connectivity index (χ4v) is 4.64. The van der Waals surface area contributed by atoms with Gasteiger partial charge in [-0.2, -0.15) is 0 Å². The van der Waals surface area contributed by atoms with E-state index in [2.05, 4.69) is 10.0 Å². The molecule has 0 radical (unpaired) electrons. The van der Waals surface area contributed by atoms with Crippen molar-refractivity contribution >= 4 is 38.6 Å².